The second kappa shape index (κ2) is 5.69. The summed E-state index contributed by atoms with van der Waals surface area (Å²) in [5.41, 5.74) is 7.84. The first-order valence-corrected chi connectivity index (χ1v) is 7.18. The number of nitrogens with zero attached hydrogens (tertiary/aromatic N) is 3. The molecule has 1 aromatic carbocycles. The zero-order chi connectivity index (χ0) is 14.8. The van der Waals surface area contributed by atoms with Crippen molar-refractivity contribution in [3.63, 3.8) is 0 Å². The monoisotopic (exact) mass is 284 g/mol. The van der Waals surface area contributed by atoms with Gasteiger partial charge in [-0.25, -0.2) is 4.98 Å². The largest absolute Gasteiger partial charge is 0.368 e. The number of nitrogen functional groups attached to an aromatic ring is 1. The Balaban J connectivity index is 1.86. The van der Waals surface area contributed by atoms with Crippen LogP contribution >= 0.6 is 0 Å². The predicted octanol–water partition coefficient (Wildman–Crippen LogP) is 2.33. The third-order valence-electron chi connectivity index (χ3n) is 3.61. The summed E-state index contributed by atoms with van der Waals surface area (Å²) in [6.07, 6.45) is 0.187. The number of aromatic nitrogens is 2. The molecule has 1 aromatic heterocycles. The molecule has 3 rings (SSSR count). The number of morpholine rings is 1. The molecule has 1 saturated heterocycles. The second-order valence-corrected chi connectivity index (χ2v) is 5.48. The van der Waals surface area contributed by atoms with Crippen LogP contribution in [0.1, 0.15) is 24.3 Å². The van der Waals surface area contributed by atoms with Crippen molar-refractivity contribution in [2.24, 2.45) is 0 Å². The maximum Gasteiger partial charge on any atom is 0.222 e. The Morgan fingerprint density at radius 2 is 1.95 bits per heavy atom. The van der Waals surface area contributed by atoms with Gasteiger partial charge >= 0.3 is 0 Å². The van der Waals surface area contributed by atoms with Gasteiger partial charge in [0.1, 0.15) is 11.9 Å². The molecule has 0 spiro atoms. The molecular weight excluding hydrogens is 264 g/mol. The topological polar surface area (TPSA) is 64.3 Å². The number of hydrogen-bond donors (Lipinski definition) is 1. The quantitative estimate of drug-likeness (QED) is 0.917. The normalized spacial score (nSPS) is 22.3. The predicted molar refractivity (Wildman–Crippen MR) is 83.1 cm³/mol. The fraction of sp³-hybridized carbons (Fsp3) is 0.375. The third-order valence-corrected chi connectivity index (χ3v) is 3.61. The number of ether oxygens (including phenoxy) is 1. The van der Waals surface area contributed by atoms with Crippen molar-refractivity contribution < 1.29 is 4.74 Å². The summed E-state index contributed by atoms with van der Waals surface area (Å²) in [6.45, 7) is 5.59. The van der Waals surface area contributed by atoms with Crippen LogP contribution in [0.25, 0.3) is 0 Å². The van der Waals surface area contributed by atoms with Crippen LogP contribution in [0.5, 0.6) is 0 Å². The lowest BCUT2D eigenvalue weighted by molar-refractivity contribution is -0.0176. The lowest BCUT2D eigenvalue weighted by Gasteiger charge is -2.37. The van der Waals surface area contributed by atoms with Crippen LogP contribution in [0.4, 0.5) is 11.8 Å². The van der Waals surface area contributed by atoms with E-state index < -0.39 is 0 Å². The van der Waals surface area contributed by atoms with Gasteiger partial charge in [0.25, 0.3) is 0 Å². The highest BCUT2D eigenvalue weighted by atomic mass is 16.5. The van der Waals surface area contributed by atoms with Crippen LogP contribution in [-0.4, -0.2) is 29.2 Å². The summed E-state index contributed by atoms with van der Waals surface area (Å²) in [5, 5.41) is 0. The number of hydrogen-bond acceptors (Lipinski definition) is 5. The molecule has 1 fully saturated rings. The lowest BCUT2D eigenvalue weighted by Crippen LogP contribution is -2.43. The molecule has 110 valence electrons. The molecule has 5 nitrogen and oxygen atoms in total. The highest BCUT2D eigenvalue weighted by Crippen LogP contribution is 2.28. The van der Waals surface area contributed by atoms with Gasteiger partial charge in [0.15, 0.2) is 0 Å². The Morgan fingerprint density at radius 1 is 1.19 bits per heavy atom. The van der Waals surface area contributed by atoms with Crippen molar-refractivity contribution in [1.82, 2.24) is 9.97 Å². The van der Waals surface area contributed by atoms with E-state index in [0.717, 1.165) is 24.6 Å². The first-order valence-electron chi connectivity index (χ1n) is 7.18. The van der Waals surface area contributed by atoms with Crippen LogP contribution in [0, 0.1) is 6.92 Å². The van der Waals surface area contributed by atoms with Crippen LogP contribution in [-0.2, 0) is 4.74 Å². The van der Waals surface area contributed by atoms with E-state index in [2.05, 4.69) is 33.9 Å². The van der Waals surface area contributed by atoms with Gasteiger partial charge in [0.05, 0.1) is 6.10 Å². The number of rotatable bonds is 2. The molecule has 0 saturated carbocycles. The van der Waals surface area contributed by atoms with Crippen molar-refractivity contribution in [3.05, 3.63) is 47.7 Å². The molecule has 2 heterocycles. The number of aryl methyl sites for hydroxylation is 1. The highest BCUT2D eigenvalue weighted by molar-refractivity contribution is 5.44. The number of benzene rings is 1. The molecule has 0 bridgehead atoms. The zero-order valence-corrected chi connectivity index (χ0v) is 12.4. The van der Waals surface area contributed by atoms with Gasteiger partial charge in [-0.1, -0.05) is 30.3 Å². The van der Waals surface area contributed by atoms with Crippen LogP contribution in [0.2, 0.25) is 0 Å². The van der Waals surface area contributed by atoms with E-state index in [4.69, 9.17) is 10.5 Å². The van der Waals surface area contributed by atoms with E-state index in [1.165, 1.54) is 5.56 Å². The van der Waals surface area contributed by atoms with Crippen LogP contribution < -0.4 is 10.6 Å². The van der Waals surface area contributed by atoms with Crippen LogP contribution in [0.3, 0.4) is 0 Å². The van der Waals surface area contributed by atoms with Gasteiger partial charge in [-0.05, 0) is 19.4 Å². The van der Waals surface area contributed by atoms with E-state index >= 15 is 0 Å². The second-order valence-electron chi connectivity index (χ2n) is 5.48. The Morgan fingerprint density at radius 3 is 2.67 bits per heavy atom. The van der Waals surface area contributed by atoms with E-state index in [1.807, 2.05) is 31.2 Å². The SMILES string of the molecule is Cc1cc(N2C[C@@H](C)O[C@@H](c3ccccc3)C2)nc(N)n1. The van der Waals surface area contributed by atoms with Crippen molar-refractivity contribution >= 4 is 11.8 Å². The molecule has 0 unspecified atom stereocenters. The third kappa shape index (κ3) is 3.13. The fourth-order valence-electron chi connectivity index (χ4n) is 2.73. The standard InChI is InChI=1S/C16H20N4O/c1-11-8-15(19-16(17)18-11)20-9-12(2)21-14(10-20)13-6-4-3-5-7-13/h3-8,12,14H,9-10H2,1-2H3,(H2,17,18,19)/t12-,14-/m1/s1. The van der Waals surface area contributed by atoms with Gasteiger partial charge in [-0.15, -0.1) is 0 Å². The minimum atomic E-state index is 0.0476. The van der Waals surface area contributed by atoms with Crippen molar-refractivity contribution in [2.45, 2.75) is 26.1 Å². The first-order chi connectivity index (χ1) is 10.1. The number of nitrogens with two attached hydrogens (primary N) is 1. The van der Waals surface area contributed by atoms with Gasteiger partial charge in [-0.3, -0.25) is 0 Å². The first kappa shape index (κ1) is 13.8. The Hall–Kier alpha value is -2.14. The molecule has 0 aliphatic carbocycles. The molecule has 21 heavy (non-hydrogen) atoms. The number of anilines is 2. The summed E-state index contributed by atoms with van der Waals surface area (Å²) in [5.74, 6) is 1.19. The van der Waals surface area contributed by atoms with Gasteiger partial charge in [-0.2, -0.15) is 4.98 Å². The summed E-state index contributed by atoms with van der Waals surface area (Å²) in [6, 6.07) is 12.3. The summed E-state index contributed by atoms with van der Waals surface area (Å²) >= 11 is 0. The summed E-state index contributed by atoms with van der Waals surface area (Å²) in [7, 11) is 0. The fourth-order valence-corrected chi connectivity index (χ4v) is 2.73. The molecule has 2 N–H and O–H groups in total. The van der Waals surface area contributed by atoms with Gasteiger partial charge in [0, 0.05) is 24.8 Å². The average molecular weight is 284 g/mol. The minimum absolute atomic E-state index is 0.0476. The summed E-state index contributed by atoms with van der Waals surface area (Å²) < 4.78 is 6.07. The van der Waals surface area contributed by atoms with E-state index in [9.17, 15) is 0 Å². The Bertz CT molecular complexity index is 597. The van der Waals surface area contributed by atoms with Crippen LogP contribution in [0.15, 0.2) is 36.4 Å². The molecule has 1 aliphatic rings. The molecule has 2 aromatic rings. The van der Waals surface area contributed by atoms with E-state index in [-0.39, 0.29) is 12.2 Å². The van der Waals surface area contributed by atoms with Gasteiger partial charge < -0.3 is 15.4 Å². The van der Waals surface area contributed by atoms with E-state index in [1.54, 1.807) is 0 Å². The van der Waals surface area contributed by atoms with E-state index in [0.29, 0.717) is 5.95 Å². The molecule has 2 atom stereocenters. The van der Waals surface area contributed by atoms with Gasteiger partial charge in [0.2, 0.25) is 5.95 Å². The van der Waals surface area contributed by atoms with Crippen molar-refractivity contribution in [3.8, 4) is 0 Å². The minimum Gasteiger partial charge on any atom is -0.368 e. The molecule has 0 radical (unpaired) electrons. The Labute approximate surface area is 124 Å². The summed E-state index contributed by atoms with van der Waals surface area (Å²) in [4.78, 5) is 10.7. The average Bonchev–Trinajstić information content (AvgIpc) is 2.46. The Kier molecular flexibility index (Phi) is 3.75. The lowest BCUT2D eigenvalue weighted by atomic mass is 10.1. The zero-order valence-electron chi connectivity index (χ0n) is 12.4. The maximum atomic E-state index is 6.07. The smallest absolute Gasteiger partial charge is 0.222 e. The maximum absolute atomic E-state index is 6.07. The van der Waals surface area contributed by atoms with Crippen molar-refractivity contribution in [1.29, 1.82) is 0 Å². The highest BCUT2D eigenvalue weighted by Gasteiger charge is 2.27. The van der Waals surface area contributed by atoms with Crippen molar-refractivity contribution in [2.75, 3.05) is 23.7 Å². The molecular formula is C16H20N4O. The molecule has 0 amide bonds. The molecule has 1 aliphatic heterocycles. The molecule has 5 heteroatoms.